The Bertz CT molecular complexity index is 1280. The molecule has 1 aromatic heterocycles. The number of rotatable bonds is 7. The number of anilines is 2. The molecule has 2 N–H and O–H groups in total. The van der Waals surface area contributed by atoms with Crippen molar-refractivity contribution in [2.75, 3.05) is 16.4 Å². The predicted molar refractivity (Wildman–Crippen MR) is 134 cm³/mol. The van der Waals surface area contributed by atoms with E-state index in [1.165, 1.54) is 23.1 Å². The Labute approximate surface area is 195 Å². The molecule has 0 radical (unpaired) electrons. The van der Waals surface area contributed by atoms with Crippen LogP contribution < -0.4 is 10.6 Å². The number of nitrogens with one attached hydrogen (secondary N) is 2. The number of benzene rings is 3. The first-order valence-electron chi connectivity index (χ1n) is 10.2. The van der Waals surface area contributed by atoms with Gasteiger partial charge in [-0.05, 0) is 42.5 Å². The zero-order valence-electron chi connectivity index (χ0n) is 17.8. The second-order valence-electron chi connectivity index (χ2n) is 7.44. The Balaban J connectivity index is 1.30. The summed E-state index contributed by atoms with van der Waals surface area (Å²) in [6.07, 6.45) is 0.201. The van der Waals surface area contributed by atoms with Crippen LogP contribution in [0.25, 0.3) is 10.8 Å². The van der Waals surface area contributed by atoms with E-state index in [2.05, 4.69) is 15.6 Å². The van der Waals surface area contributed by atoms with E-state index in [9.17, 15) is 9.59 Å². The number of hydrogen-bond acceptors (Lipinski definition) is 5. The second kappa shape index (κ2) is 9.97. The Morgan fingerprint density at radius 1 is 0.906 bits per heavy atom. The molecule has 1 heterocycles. The third kappa shape index (κ3) is 5.36. The van der Waals surface area contributed by atoms with Gasteiger partial charge in [-0.15, -0.1) is 11.3 Å². The first kappa shape index (κ1) is 22.0. The summed E-state index contributed by atoms with van der Waals surface area (Å²) in [6.45, 7) is 4.01. The molecule has 2 amide bonds. The predicted octanol–water partition coefficient (Wildman–Crippen LogP) is 5.83. The van der Waals surface area contributed by atoms with Gasteiger partial charge in [0.15, 0.2) is 4.34 Å². The van der Waals surface area contributed by atoms with E-state index in [0.717, 1.165) is 37.6 Å². The van der Waals surface area contributed by atoms with Crippen LogP contribution in [0.2, 0.25) is 0 Å². The second-order valence-corrected chi connectivity index (χ2v) is 9.52. The van der Waals surface area contributed by atoms with Crippen LogP contribution in [0.15, 0.2) is 70.4 Å². The smallest absolute Gasteiger partial charge is 0.234 e. The summed E-state index contributed by atoms with van der Waals surface area (Å²) >= 11 is 2.82. The van der Waals surface area contributed by atoms with Crippen molar-refractivity contribution in [3.8, 4) is 0 Å². The van der Waals surface area contributed by atoms with E-state index < -0.39 is 0 Å². The topological polar surface area (TPSA) is 71.1 Å². The Hall–Kier alpha value is -3.16. The highest BCUT2D eigenvalue weighted by Gasteiger charge is 2.12. The highest BCUT2D eigenvalue weighted by Crippen LogP contribution is 2.26. The maximum atomic E-state index is 12.5. The van der Waals surface area contributed by atoms with E-state index in [4.69, 9.17) is 0 Å². The first-order chi connectivity index (χ1) is 15.5. The molecule has 0 bridgehead atoms. The van der Waals surface area contributed by atoms with Crippen LogP contribution in [0.5, 0.6) is 0 Å². The van der Waals surface area contributed by atoms with E-state index in [0.29, 0.717) is 5.69 Å². The van der Waals surface area contributed by atoms with Gasteiger partial charge < -0.3 is 10.6 Å². The van der Waals surface area contributed by atoms with Crippen molar-refractivity contribution in [3.05, 3.63) is 82.9 Å². The summed E-state index contributed by atoms with van der Waals surface area (Å²) in [4.78, 5) is 29.4. The molecule has 0 saturated heterocycles. The number of fused-ring (bicyclic) bond motifs is 1. The molecule has 162 valence electrons. The molecular weight excluding hydrogens is 438 g/mol. The van der Waals surface area contributed by atoms with Crippen molar-refractivity contribution in [2.45, 2.75) is 24.6 Å². The van der Waals surface area contributed by atoms with Gasteiger partial charge in [-0.3, -0.25) is 9.59 Å². The van der Waals surface area contributed by atoms with Crippen LogP contribution in [-0.4, -0.2) is 22.6 Å². The third-order valence-corrected chi connectivity index (χ3v) is 7.21. The van der Waals surface area contributed by atoms with Crippen LogP contribution in [0, 0.1) is 13.8 Å². The van der Waals surface area contributed by atoms with Gasteiger partial charge in [-0.2, -0.15) is 0 Å². The summed E-state index contributed by atoms with van der Waals surface area (Å²) in [6, 6.07) is 19.7. The van der Waals surface area contributed by atoms with Crippen LogP contribution in [-0.2, 0) is 16.0 Å². The lowest BCUT2D eigenvalue weighted by atomic mass is 10.1. The molecule has 0 saturated carbocycles. The summed E-state index contributed by atoms with van der Waals surface area (Å²) < 4.78 is 0.771. The van der Waals surface area contributed by atoms with Crippen molar-refractivity contribution in [1.82, 2.24) is 4.98 Å². The molecule has 0 unspecified atom stereocenters. The number of amides is 2. The van der Waals surface area contributed by atoms with Crippen LogP contribution in [0.4, 0.5) is 11.4 Å². The van der Waals surface area contributed by atoms with Gasteiger partial charge >= 0.3 is 0 Å². The maximum Gasteiger partial charge on any atom is 0.234 e. The summed E-state index contributed by atoms with van der Waals surface area (Å²) in [5, 5.41) is 9.91. The Morgan fingerprint density at radius 3 is 2.50 bits per heavy atom. The van der Waals surface area contributed by atoms with Crippen molar-refractivity contribution >= 4 is 57.1 Å². The fourth-order valence-electron chi connectivity index (χ4n) is 3.33. The fourth-order valence-corrected chi connectivity index (χ4v) is 4.97. The zero-order valence-corrected chi connectivity index (χ0v) is 19.5. The Kier molecular flexibility index (Phi) is 6.87. The standard InChI is InChI=1S/C25H23N3O2S2/c1-16-7-5-11-21(17(16)2)27-23(29)13-19-14-31-25(26-19)32-15-24(30)28-22-12-6-9-18-8-3-4-10-20(18)22/h3-12,14H,13,15H2,1-2H3,(H,27,29)(H,28,30). The van der Waals surface area contributed by atoms with Gasteiger partial charge in [-0.1, -0.05) is 60.3 Å². The molecule has 0 aliphatic heterocycles. The summed E-state index contributed by atoms with van der Waals surface area (Å²) in [5.41, 5.74) is 4.53. The molecule has 3 aromatic carbocycles. The summed E-state index contributed by atoms with van der Waals surface area (Å²) in [5.74, 6) is 0.0650. The minimum absolute atomic E-state index is 0.0873. The first-order valence-corrected chi connectivity index (χ1v) is 12.1. The number of thiazole rings is 1. The molecule has 0 aliphatic carbocycles. The van der Waals surface area contributed by atoms with Gasteiger partial charge in [0.2, 0.25) is 11.8 Å². The largest absolute Gasteiger partial charge is 0.325 e. The van der Waals surface area contributed by atoms with Crippen molar-refractivity contribution < 1.29 is 9.59 Å². The number of carbonyl (C=O) groups excluding carboxylic acids is 2. The molecule has 4 rings (SSSR count). The molecule has 4 aromatic rings. The molecule has 7 heteroatoms. The van der Waals surface area contributed by atoms with Crippen LogP contribution >= 0.6 is 23.1 Å². The van der Waals surface area contributed by atoms with Gasteiger partial charge in [-0.25, -0.2) is 4.98 Å². The minimum Gasteiger partial charge on any atom is -0.325 e. The normalized spacial score (nSPS) is 10.8. The molecule has 32 heavy (non-hydrogen) atoms. The summed E-state index contributed by atoms with van der Waals surface area (Å²) in [7, 11) is 0. The molecule has 0 fully saturated rings. The molecule has 0 aliphatic rings. The number of thioether (sulfide) groups is 1. The lowest BCUT2D eigenvalue weighted by molar-refractivity contribution is -0.116. The molecule has 0 spiro atoms. The highest BCUT2D eigenvalue weighted by atomic mass is 32.2. The third-order valence-electron chi connectivity index (χ3n) is 5.14. The lowest BCUT2D eigenvalue weighted by Crippen LogP contribution is -2.15. The maximum absolute atomic E-state index is 12.5. The number of aromatic nitrogens is 1. The van der Waals surface area contributed by atoms with E-state index >= 15 is 0 Å². The van der Waals surface area contributed by atoms with Crippen molar-refractivity contribution in [2.24, 2.45) is 0 Å². The number of carbonyl (C=O) groups is 2. The van der Waals surface area contributed by atoms with Gasteiger partial charge in [0.1, 0.15) is 0 Å². The van der Waals surface area contributed by atoms with Gasteiger partial charge in [0.25, 0.3) is 0 Å². The molecule has 5 nitrogen and oxygen atoms in total. The van der Waals surface area contributed by atoms with Crippen LogP contribution in [0.3, 0.4) is 0 Å². The molecular formula is C25H23N3O2S2. The number of nitrogens with zero attached hydrogens (tertiary/aromatic N) is 1. The number of hydrogen-bond donors (Lipinski definition) is 2. The van der Waals surface area contributed by atoms with Gasteiger partial charge in [0.05, 0.1) is 17.9 Å². The van der Waals surface area contributed by atoms with Gasteiger partial charge in [0, 0.05) is 22.1 Å². The number of aryl methyl sites for hydroxylation is 1. The quantitative estimate of drug-likeness (QED) is 0.340. The zero-order chi connectivity index (χ0) is 22.5. The van der Waals surface area contributed by atoms with Crippen molar-refractivity contribution in [1.29, 1.82) is 0 Å². The average Bonchev–Trinajstić information content (AvgIpc) is 3.23. The van der Waals surface area contributed by atoms with Crippen molar-refractivity contribution in [3.63, 3.8) is 0 Å². The van der Waals surface area contributed by atoms with E-state index in [1.54, 1.807) is 0 Å². The van der Waals surface area contributed by atoms with E-state index in [-0.39, 0.29) is 24.0 Å². The average molecular weight is 462 g/mol. The Morgan fingerprint density at radius 2 is 1.62 bits per heavy atom. The SMILES string of the molecule is Cc1cccc(NC(=O)Cc2csc(SCC(=O)Nc3cccc4ccccc34)n2)c1C. The van der Waals surface area contributed by atoms with E-state index in [1.807, 2.05) is 79.9 Å². The lowest BCUT2D eigenvalue weighted by Gasteiger charge is -2.09. The minimum atomic E-state index is -0.103. The van der Waals surface area contributed by atoms with Crippen LogP contribution in [0.1, 0.15) is 16.8 Å². The highest BCUT2D eigenvalue weighted by molar-refractivity contribution is 8.01. The molecule has 0 atom stereocenters. The monoisotopic (exact) mass is 461 g/mol. The fraction of sp³-hybridized carbons (Fsp3) is 0.160.